The molecule has 0 atom stereocenters. The molecule has 0 aliphatic heterocycles. The Bertz CT molecular complexity index is 454. The SMILES string of the molecule is NC(=O)COCCNC(=O)c1ccc(Cl)c(Br)c1. The van der Waals surface area contributed by atoms with E-state index in [2.05, 4.69) is 21.2 Å². The van der Waals surface area contributed by atoms with E-state index < -0.39 is 5.91 Å². The minimum Gasteiger partial charge on any atom is -0.370 e. The van der Waals surface area contributed by atoms with Crippen LogP contribution in [0.1, 0.15) is 10.4 Å². The average molecular weight is 336 g/mol. The minimum atomic E-state index is -0.539. The van der Waals surface area contributed by atoms with Crippen molar-refractivity contribution in [2.75, 3.05) is 19.8 Å². The molecule has 0 heterocycles. The number of ether oxygens (including phenoxy) is 1. The monoisotopic (exact) mass is 334 g/mol. The van der Waals surface area contributed by atoms with Crippen molar-refractivity contribution in [3.05, 3.63) is 33.3 Å². The van der Waals surface area contributed by atoms with E-state index in [1.807, 2.05) is 0 Å². The molecule has 98 valence electrons. The van der Waals surface area contributed by atoms with Gasteiger partial charge in [-0.2, -0.15) is 0 Å². The second kappa shape index (κ2) is 7.35. The molecule has 7 heteroatoms. The predicted octanol–water partition coefficient (Wildman–Crippen LogP) is 1.33. The van der Waals surface area contributed by atoms with Gasteiger partial charge in [0, 0.05) is 16.6 Å². The van der Waals surface area contributed by atoms with Crippen molar-refractivity contribution < 1.29 is 14.3 Å². The van der Waals surface area contributed by atoms with Crippen molar-refractivity contribution in [2.45, 2.75) is 0 Å². The smallest absolute Gasteiger partial charge is 0.251 e. The van der Waals surface area contributed by atoms with Crippen molar-refractivity contribution in [2.24, 2.45) is 5.73 Å². The van der Waals surface area contributed by atoms with E-state index in [0.29, 0.717) is 21.6 Å². The van der Waals surface area contributed by atoms with Crippen LogP contribution in [0, 0.1) is 0 Å². The van der Waals surface area contributed by atoms with Crippen LogP contribution in [0.15, 0.2) is 22.7 Å². The molecule has 0 aliphatic carbocycles. The lowest BCUT2D eigenvalue weighted by atomic mass is 10.2. The third-order valence-electron chi connectivity index (χ3n) is 1.96. The molecule has 1 rings (SSSR count). The standard InChI is InChI=1S/C11H12BrClN2O3/c12-8-5-7(1-2-9(8)13)11(17)15-3-4-18-6-10(14)16/h1-2,5H,3-4,6H2,(H2,14,16)(H,15,17). The van der Waals surface area contributed by atoms with Gasteiger partial charge in [-0.15, -0.1) is 0 Å². The Morgan fingerprint density at radius 2 is 2.17 bits per heavy atom. The number of primary amides is 1. The van der Waals surface area contributed by atoms with E-state index in [0.717, 1.165) is 0 Å². The van der Waals surface area contributed by atoms with E-state index in [4.69, 9.17) is 22.1 Å². The van der Waals surface area contributed by atoms with Crippen LogP contribution in [0.2, 0.25) is 5.02 Å². The molecule has 0 bridgehead atoms. The van der Waals surface area contributed by atoms with Crippen LogP contribution < -0.4 is 11.1 Å². The van der Waals surface area contributed by atoms with Gasteiger partial charge in [-0.1, -0.05) is 11.6 Å². The molecule has 0 saturated carbocycles. The quantitative estimate of drug-likeness (QED) is 0.770. The summed E-state index contributed by atoms with van der Waals surface area (Å²) in [5, 5.41) is 3.18. The van der Waals surface area contributed by atoms with E-state index in [1.165, 1.54) is 0 Å². The lowest BCUT2D eigenvalue weighted by Gasteiger charge is -2.06. The highest BCUT2D eigenvalue weighted by molar-refractivity contribution is 9.10. The summed E-state index contributed by atoms with van der Waals surface area (Å²) < 4.78 is 5.56. The number of hydrogen-bond acceptors (Lipinski definition) is 3. The Kier molecular flexibility index (Phi) is 6.11. The fourth-order valence-corrected chi connectivity index (χ4v) is 1.65. The predicted molar refractivity (Wildman–Crippen MR) is 71.5 cm³/mol. The van der Waals surface area contributed by atoms with E-state index in [9.17, 15) is 9.59 Å². The summed E-state index contributed by atoms with van der Waals surface area (Å²) in [6.45, 7) is 0.373. The largest absolute Gasteiger partial charge is 0.370 e. The fourth-order valence-electron chi connectivity index (χ4n) is 1.15. The van der Waals surface area contributed by atoms with Crippen LogP contribution in [0.5, 0.6) is 0 Å². The zero-order valence-electron chi connectivity index (χ0n) is 9.41. The molecule has 1 aromatic rings. The van der Waals surface area contributed by atoms with Crippen LogP contribution in [-0.4, -0.2) is 31.6 Å². The van der Waals surface area contributed by atoms with Crippen LogP contribution >= 0.6 is 27.5 Å². The summed E-state index contributed by atoms with van der Waals surface area (Å²) in [5.41, 5.74) is 5.37. The first-order chi connectivity index (χ1) is 8.50. The zero-order chi connectivity index (χ0) is 13.5. The van der Waals surface area contributed by atoms with Crippen LogP contribution in [0.3, 0.4) is 0 Å². The highest BCUT2D eigenvalue weighted by Crippen LogP contribution is 2.23. The third-order valence-corrected chi connectivity index (χ3v) is 3.17. The topological polar surface area (TPSA) is 81.4 Å². The van der Waals surface area contributed by atoms with Gasteiger partial charge >= 0.3 is 0 Å². The molecular weight excluding hydrogens is 323 g/mol. The summed E-state index contributed by atoms with van der Waals surface area (Å²) in [6.07, 6.45) is 0. The number of nitrogens with one attached hydrogen (secondary N) is 1. The molecule has 0 spiro atoms. The Balaban J connectivity index is 2.36. The highest BCUT2D eigenvalue weighted by atomic mass is 79.9. The third kappa shape index (κ3) is 5.03. The van der Waals surface area contributed by atoms with Crippen molar-refractivity contribution in [1.82, 2.24) is 5.32 Å². The second-order valence-electron chi connectivity index (χ2n) is 3.40. The van der Waals surface area contributed by atoms with Gasteiger partial charge in [0.05, 0.1) is 11.6 Å². The van der Waals surface area contributed by atoms with Crippen molar-refractivity contribution in [3.8, 4) is 0 Å². The van der Waals surface area contributed by atoms with Crippen molar-refractivity contribution in [1.29, 1.82) is 0 Å². The summed E-state index contributed by atoms with van der Waals surface area (Å²) in [4.78, 5) is 22.1. The molecule has 18 heavy (non-hydrogen) atoms. The maximum atomic E-state index is 11.7. The molecule has 3 N–H and O–H groups in total. The Morgan fingerprint density at radius 1 is 1.44 bits per heavy atom. The lowest BCUT2D eigenvalue weighted by molar-refractivity contribution is -0.122. The summed E-state index contributed by atoms with van der Waals surface area (Å²) in [6, 6.07) is 4.87. The number of amides is 2. The van der Waals surface area contributed by atoms with Gasteiger partial charge in [0.1, 0.15) is 6.61 Å². The van der Waals surface area contributed by atoms with Crippen LogP contribution in [0.25, 0.3) is 0 Å². The molecule has 0 unspecified atom stereocenters. The first-order valence-electron chi connectivity index (χ1n) is 5.10. The Morgan fingerprint density at radius 3 is 2.78 bits per heavy atom. The number of benzene rings is 1. The summed E-state index contributed by atoms with van der Waals surface area (Å²) in [5.74, 6) is -0.780. The van der Waals surface area contributed by atoms with Crippen LogP contribution in [-0.2, 0) is 9.53 Å². The average Bonchev–Trinajstić information content (AvgIpc) is 2.31. The molecule has 0 aliphatic rings. The molecule has 1 aromatic carbocycles. The number of rotatable bonds is 6. The van der Waals surface area contributed by atoms with Crippen LogP contribution in [0.4, 0.5) is 0 Å². The first kappa shape index (κ1) is 14.9. The second-order valence-corrected chi connectivity index (χ2v) is 4.67. The Labute approximate surface area is 118 Å². The van der Waals surface area contributed by atoms with Gasteiger partial charge in [0.15, 0.2) is 0 Å². The number of carbonyl (C=O) groups is 2. The first-order valence-corrected chi connectivity index (χ1v) is 6.27. The van der Waals surface area contributed by atoms with E-state index in [-0.39, 0.29) is 19.1 Å². The number of nitrogens with two attached hydrogens (primary N) is 1. The normalized spacial score (nSPS) is 10.1. The molecule has 0 fully saturated rings. The van der Waals surface area contributed by atoms with Gasteiger partial charge < -0.3 is 15.8 Å². The lowest BCUT2D eigenvalue weighted by Crippen LogP contribution is -2.28. The molecule has 0 radical (unpaired) electrons. The molecule has 5 nitrogen and oxygen atoms in total. The molecule has 2 amide bonds. The maximum Gasteiger partial charge on any atom is 0.251 e. The van der Waals surface area contributed by atoms with Crippen molar-refractivity contribution >= 4 is 39.3 Å². The van der Waals surface area contributed by atoms with E-state index >= 15 is 0 Å². The van der Waals surface area contributed by atoms with Gasteiger partial charge in [0.2, 0.25) is 5.91 Å². The summed E-state index contributed by atoms with van der Waals surface area (Å²) in [7, 11) is 0. The minimum absolute atomic E-state index is 0.150. The number of hydrogen-bond donors (Lipinski definition) is 2. The van der Waals surface area contributed by atoms with Gasteiger partial charge in [0.25, 0.3) is 5.91 Å². The van der Waals surface area contributed by atoms with Crippen molar-refractivity contribution in [3.63, 3.8) is 0 Å². The number of carbonyl (C=O) groups excluding carboxylic acids is 2. The maximum absolute atomic E-state index is 11.7. The number of halogens is 2. The molecule has 0 saturated heterocycles. The fraction of sp³-hybridized carbons (Fsp3) is 0.273. The summed E-state index contributed by atoms with van der Waals surface area (Å²) >= 11 is 9.05. The molecular formula is C11H12BrClN2O3. The van der Waals surface area contributed by atoms with Gasteiger partial charge in [-0.05, 0) is 34.1 Å². The highest BCUT2D eigenvalue weighted by Gasteiger charge is 2.07. The molecule has 0 aromatic heterocycles. The van der Waals surface area contributed by atoms with E-state index in [1.54, 1.807) is 18.2 Å². The Hall–Kier alpha value is -1.11. The van der Waals surface area contributed by atoms with Gasteiger partial charge in [-0.3, -0.25) is 9.59 Å². The van der Waals surface area contributed by atoms with Gasteiger partial charge in [-0.25, -0.2) is 0 Å². The zero-order valence-corrected chi connectivity index (χ0v) is 11.8.